The van der Waals surface area contributed by atoms with E-state index in [2.05, 4.69) is 15.6 Å². The molecular weight excluding hydrogens is 409 g/mol. The summed E-state index contributed by atoms with van der Waals surface area (Å²) in [5, 5.41) is 6.31. The molecule has 1 aromatic carbocycles. The van der Waals surface area contributed by atoms with Crippen LogP contribution in [-0.2, 0) is 16.4 Å². The molecule has 0 aliphatic carbocycles. The van der Waals surface area contributed by atoms with Gasteiger partial charge in [0.2, 0.25) is 0 Å². The number of nitrogens with one attached hydrogen (secondary N) is 2. The molecule has 0 radical (unpaired) electrons. The molecule has 7 nitrogen and oxygen atoms in total. The van der Waals surface area contributed by atoms with Crippen LogP contribution < -0.4 is 15.4 Å². The predicted octanol–water partition coefficient (Wildman–Crippen LogP) is 1.86. The van der Waals surface area contributed by atoms with Crippen LogP contribution in [0.4, 0.5) is 13.2 Å². The molecule has 0 spiro atoms. The fourth-order valence-corrected chi connectivity index (χ4v) is 4.43. The van der Waals surface area contributed by atoms with Gasteiger partial charge < -0.3 is 15.4 Å². The van der Waals surface area contributed by atoms with Gasteiger partial charge in [-0.2, -0.15) is 17.5 Å². The number of aliphatic imine (C=N–C) groups is 1. The number of hydrogen-bond donors (Lipinski definition) is 2. The molecule has 29 heavy (non-hydrogen) atoms. The van der Waals surface area contributed by atoms with E-state index in [0.717, 1.165) is 17.7 Å². The number of rotatable bonds is 5. The molecule has 3 rings (SSSR count). The lowest BCUT2D eigenvalue weighted by Gasteiger charge is -2.32. The molecule has 0 aromatic heterocycles. The van der Waals surface area contributed by atoms with Crippen molar-refractivity contribution in [2.75, 3.05) is 26.2 Å². The number of nitrogens with zero attached hydrogens (tertiary/aromatic N) is 2. The topological polar surface area (TPSA) is 83.0 Å². The first-order chi connectivity index (χ1) is 13.7. The van der Waals surface area contributed by atoms with Gasteiger partial charge >= 0.3 is 15.5 Å². The van der Waals surface area contributed by atoms with Crippen LogP contribution in [0, 0.1) is 0 Å². The van der Waals surface area contributed by atoms with Crippen LogP contribution in [0.1, 0.15) is 25.3 Å². The van der Waals surface area contributed by atoms with Crippen LogP contribution in [0.5, 0.6) is 5.75 Å². The monoisotopic (exact) mass is 434 g/mol. The lowest BCUT2D eigenvalue weighted by atomic mass is 10.1. The summed E-state index contributed by atoms with van der Waals surface area (Å²) >= 11 is 0. The molecule has 2 aliphatic rings. The van der Waals surface area contributed by atoms with Crippen LogP contribution in [0.3, 0.4) is 0 Å². The van der Waals surface area contributed by atoms with Crippen molar-refractivity contribution in [1.29, 1.82) is 0 Å². The molecule has 162 valence electrons. The highest BCUT2D eigenvalue weighted by Gasteiger charge is 2.50. The van der Waals surface area contributed by atoms with E-state index >= 15 is 0 Å². The van der Waals surface area contributed by atoms with Crippen LogP contribution in [0.15, 0.2) is 29.3 Å². The van der Waals surface area contributed by atoms with Crippen LogP contribution >= 0.6 is 0 Å². The van der Waals surface area contributed by atoms with E-state index in [1.165, 1.54) is 0 Å². The van der Waals surface area contributed by atoms with E-state index in [0.29, 0.717) is 23.4 Å². The van der Waals surface area contributed by atoms with Crippen molar-refractivity contribution in [3.63, 3.8) is 0 Å². The summed E-state index contributed by atoms with van der Waals surface area (Å²) in [5.74, 6) is 1.41. The quantitative estimate of drug-likeness (QED) is 0.546. The number of para-hydroxylation sites is 1. The fourth-order valence-electron chi connectivity index (χ4n) is 3.45. The largest absolute Gasteiger partial charge is 0.511 e. The summed E-state index contributed by atoms with van der Waals surface area (Å²) in [6.45, 7) is 2.61. The van der Waals surface area contributed by atoms with E-state index in [9.17, 15) is 21.6 Å². The highest BCUT2D eigenvalue weighted by Crippen LogP contribution is 2.29. The Morgan fingerprint density at radius 3 is 2.59 bits per heavy atom. The highest BCUT2D eigenvalue weighted by molar-refractivity contribution is 7.90. The zero-order valence-corrected chi connectivity index (χ0v) is 16.9. The van der Waals surface area contributed by atoms with Gasteiger partial charge in [-0.05, 0) is 31.4 Å². The number of halogens is 3. The Morgan fingerprint density at radius 2 is 1.97 bits per heavy atom. The molecule has 1 unspecified atom stereocenters. The van der Waals surface area contributed by atoms with Crippen molar-refractivity contribution in [3.8, 4) is 5.75 Å². The molecule has 0 amide bonds. The standard InChI is InChI=1S/C18H25F3N4O3S/c1-2-22-17(23-12-15-11-13-5-3-4-6-16(13)28-15)24-14-7-9-25(10-8-14)29(26,27)18(19,20)21/h3-6,14-15H,2,7-12H2,1H3,(H2,22,23,24). The summed E-state index contributed by atoms with van der Waals surface area (Å²) in [6, 6.07) is 7.66. The average molecular weight is 434 g/mol. The third-order valence-corrected chi connectivity index (χ3v) is 6.57. The van der Waals surface area contributed by atoms with Crippen LogP contribution in [0.2, 0.25) is 0 Å². The minimum Gasteiger partial charge on any atom is -0.488 e. The van der Waals surface area contributed by atoms with E-state index in [1.54, 1.807) is 0 Å². The average Bonchev–Trinajstić information content (AvgIpc) is 3.09. The molecular formula is C18H25F3N4O3S. The van der Waals surface area contributed by atoms with Crippen molar-refractivity contribution in [2.45, 2.75) is 43.8 Å². The number of fused-ring (bicyclic) bond motifs is 1. The maximum absolute atomic E-state index is 12.7. The SMILES string of the molecule is CCNC(=NCC1Cc2ccccc2O1)NC1CCN(S(=O)(=O)C(F)(F)F)CC1. The van der Waals surface area contributed by atoms with Gasteiger partial charge in [0.25, 0.3) is 0 Å². The molecule has 1 atom stereocenters. The van der Waals surface area contributed by atoms with E-state index < -0.39 is 15.5 Å². The predicted molar refractivity (Wildman–Crippen MR) is 103 cm³/mol. The molecule has 0 saturated carbocycles. The number of guanidine groups is 1. The number of sulfonamides is 1. The Kier molecular flexibility index (Phi) is 6.57. The lowest BCUT2D eigenvalue weighted by molar-refractivity contribution is -0.0494. The first-order valence-electron chi connectivity index (χ1n) is 9.56. The normalized spacial score (nSPS) is 21.5. The van der Waals surface area contributed by atoms with E-state index in [4.69, 9.17) is 4.74 Å². The third kappa shape index (κ3) is 5.13. The molecule has 2 aliphatic heterocycles. The number of alkyl halides is 3. The highest BCUT2D eigenvalue weighted by atomic mass is 32.2. The van der Waals surface area contributed by atoms with Gasteiger partial charge in [-0.3, -0.25) is 0 Å². The van der Waals surface area contributed by atoms with Gasteiger partial charge in [0, 0.05) is 32.1 Å². The van der Waals surface area contributed by atoms with E-state index in [-0.39, 0.29) is 38.1 Å². The summed E-state index contributed by atoms with van der Waals surface area (Å²) in [4.78, 5) is 4.54. The molecule has 1 aromatic rings. The second-order valence-corrected chi connectivity index (χ2v) is 8.97. The Labute approximate surface area is 168 Å². The number of ether oxygens (including phenoxy) is 1. The zero-order valence-electron chi connectivity index (χ0n) is 16.1. The Hall–Kier alpha value is -2.01. The molecule has 0 bridgehead atoms. The van der Waals surface area contributed by atoms with Gasteiger partial charge in [-0.1, -0.05) is 18.2 Å². The van der Waals surface area contributed by atoms with Gasteiger partial charge in [0.05, 0.1) is 6.54 Å². The van der Waals surface area contributed by atoms with E-state index in [1.807, 2.05) is 31.2 Å². The second-order valence-electron chi connectivity index (χ2n) is 7.04. The Morgan fingerprint density at radius 1 is 1.28 bits per heavy atom. The second kappa shape index (κ2) is 8.78. The van der Waals surface area contributed by atoms with Crippen molar-refractivity contribution in [2.24, 2.45) is 4.99 Å². The summed E-state index contributed by atoms with van der Waals surface area (Å²) < 4.78 is 67.4. The summed E-state index contributed by atoms with van der Waals surface area (Å²) in [7, 11) is -5.27. The van der Waals surface area contributed by atoms with Crippen LogP contribution in [-0.4, -0.2) is 62.5 Å². The maximum Gasteiger partial charge on any atom is 0.511 e. The smallest absolute Gasteiger partial charge is 0.488 e. The number of piperidine rings is 1. The van der Waals surface area contributed by atoms with Gasteiger partial charge in [-0.25, -0.2) is 13.4 Å². The van der Waals surface area contributed by atoms with Crippen molar-refractivity contribution in [3.05, 3.63) is 29.8 Å². The summed E-state index contributed by atoms with van der Waals surface area (Å²) in [6.07, 6.45) is 1.24. The third-order valence-electron chi connectivity index (χ3n) is 4.94. The first kappa shape index (κ1) is 21.7. The van der Waals surface area contributed by atoms with Gasteiger partial charge in [0.15, 0.2) is 5.96 Å². The number of benzene rings is 1. The van der Waals surface area contributed by atoms with Gasteiger partial charge in [0.1, 0.15) is 11.9 Å². The zero-order chi connectivity index (χ0) is 21.1. The Balaban J connectivity index is 1.53. The Bertz CT molecular complexity index is 812. The minimum atomic E-state index is -5.27. The lowest BCUT2D eigenvalue weighted by Crippen LogP contribution is -2.51. The van der Waals surface area contributed by atoms with Gasteiger partial charge in [-0.15, -0.1) is 0 Å². The molecule has 11 heteroatoms. The van der Waals surface area contributed by atoms with Crippen molar-refractivity contribution in [1.82, 2.24) is 14.9 Å². The number of hydrogen-bond acceptors (Lipinski definition) is 4. The molecule has 1 saturated heterocycles. The fraction of sp³-hybridized carbons (Fsp3) is 0.611. The summed E-state index contributed by atoms with van der Waals surface area (Å²) in [5.41, 5.74) is -4.12. The molecule has 2 heterocycles. The maximum atomic E-state index is 12.7. The molecule has 1 fully saturated rings. The molecule has 2 N–H and O–H groups in total. The van der Waals surface area contributed by atoms with Crippen molar-refractivity contribution < 1.29 is 26.3 Å². The van der Waals surface area contributed by atoms with Crippen LogP contribution in [0.25, 0.3) is 0 Å². The minimum absolute atomic E-state index is 0.0679. The first-order valence-corrected chi connectivity index (χ1v) is 11.0. The van der Waals surface area contributed by atoms with Crippen molar-refractivity contribution >= 4 is 16.0 Å².